The van der Waals surface area contributed by atoms with Crippen LogP contribution in [-0.2, 0) is 6.54 Å². The number of nitrogens with zero attached hydrogens (tertiary/aromatic N) is 2. The molecule has 0 saturated heterocycles. The zero-order valence-corrected chi connectivity index (χ0v) is 16.7. The van der Waals surface area contributed by atoms with E-state index in [0.717, 1.165) is 11.1 Å². The lowest BCUT2D eigenvalue weighted by molar-refractivity contribution is 0.0953. The number of halogens is 3. The summed E-state index contributed by atoms with van der Waals surface area (Å²) in [7, 11) is 0. The molecule has 0 aliphatic carbocycles. The lowest BCUT2D eigenvalue weighted by atomic mass is 10.2. The Morgan fingerprint density at radius 3 is 2.50 bits per heavy atom. The first-order valence-corrected chi connectivity index (χ1v) is 9.30. The Hall–Kier alpha value is -2.60. The second-order valence-corrected chi connectivity index (χ2v) is 7.10. The second kappa shape index (κ2) is 9.06. The highest BCUT2D eigenvalue weighted by Crippen LogP contribution is 2.22. The monoisotopic (exact) mass is 433 g/mol. The van der Waals surface area contributed by atoms with E-state index in [9.17, 15) is 9.59 Å². The predicted molar refractivity (Wildman–Crippen MR) is 113 cm³/mol. The normalized spacial score (nSPS) is 11.0. The summed E-state index contributed by atoms with van der Waals surface area (Å²) in [6.45, 7) is 0.255. The number of carbonyl (C=O) groups is 1. The van der Waals surface area contributed by atoms with Crippen molar-refractivity contribution < 1.29 is 4.79 Å². The summed E-state index contributed by atoms with van der Waals surface area (Å²) in [5.74, 6) is -0.598. The fourth-order valence-corrected chi connectivity index (χ4v) is 2.89. The maximum atomic E-state index is 12.6. The Balaban J connectivity index is 1.74. The molecule has 28 heavy (non-hydrogen) atoms. The first-order chi connectivity index (χ1) is 13.4. The summed E-state index contributed by atoms with van der Waals surface area (Å²) < 4.78 is 1.41. The summed E-state index contributed by atoms with van der Waals surface area (Å²) in [5.41, 5.74) is 3.45. The van der Waals surface area contributed by atoms with Crippen LogP contribution < -0.4 is 11.0 Å². The summed E-state index contributed by atoms with van der Waals surface area (Å²) in [6, 6.07) is 15.1. The van der Waals surface area contributed by atoms with E-state index in [4.69, 9.17) is 34.8 Å². The molecule has 1 amide bonds. The molecule has 2 aromatic carbocycles. The van der Waals surface area contributed by atoms with Crippen LogP contribution in [0.15, 0.2) is 70.7 Å². The number of benzene rings is 2. The van der Waals surface area contributed by atoms with Crippen molar-refractivity contribution >= 4 is 46.9 Å². The molecule has 8 heteroatoms. The topological polar surface area (TPSA) is 63.5 Å². The summed E-state index contributed by atoms with van der Waals surface area (Å²) >= 11 is 17.7. The molecule has 0 aliphatic heterocycles. The molecule has 5 nitrogen and oxygen atoms in total. The molecule has 3 aromatic rings. The van der Waals surface area contributed by atoms with Gasteiger partial charge in [-0.25, -0.2) is 5.43 Å². The standard InChI is InChI=1S/C20H14Cl3N3O2/c21-15-6-3-13(4-7-15)11-24-25-19(27)16-2-1-9-26(20(16)28)12-14-5-8-17(22)18(23)10-14/h1-11H,12H2,(H,25,27)/b24-11-. The Morgan fingerprint density at radius 1 is 1.04 bits per heavy atom. The van der Waals surface area contributed by atoms with Crippen LogP contribution in [0.1, 0.15) is 21.5 Å². The van der Waals surface area contributed by atoms with Crippen LogP contribution >= 0.6 is 34.8 Å². The molecule has 0 spiro atoms. The highest BCUT2D eigenvalue weighted by Gasteiger charge is 2.12. The molecule has 1 N–H and O–H groups in total. The van der Waals surface area contributed by atoms with E-state index in [-0.39, 0.29) is 12.1 Å². The van der Waals surface area contributed by atoms with Crippen LogP contribution in [0.2, 0.25) is 15.1 Å². The van der Waals surface area contributed by atoms with Crippen LogP contribution in [0, 0.1) is 0 Å². The van der Waals surface area contributed by atoms with Crippen LogP contribution in [0.25, 0.3) is 0 Å². The Morgan fingerprint density at radius 2 is 1.79 bits per heavy atom. The maximum absolute atomic E-state index is 12.6. The molecule has 0 aliphatic rings. The third-order valence-electron chi connectivity index (χ3n) is 3.85. The maximum Gasteiger partial charge on any atom is 0.276 e. The van der Waals surface area contributed by atoms with E-state index >= 15 is 0 Å². The van der Waals surface area contributed by atoms with Gasteiger partial charge in [-0.2, -0.15) is 5.10 Å². The molecule has 1 heterocycles. The number of pyridine rings is 1. The predicted octanol–water partition coefficient (Wildman–Crippen LogP) is 4.62. The highest BCUT2D eigenvalue weighted by atomic mass is 35.5. The highest BCUT2D eigenvalue weighted by molar-refractivity contribution is 6.42. The van der Waals surface area contributed by atoms with Crippen molar-refractivity contribution in [3.05, 3.63) is 103 Å². The first kappa shape index (κ1) is 20.1. The van der Waals surface area contributed by atoms with E-state index < -0.39 is 11.5 Å². The Bertz CT molecular complexity index is 1090. The molecule has 1 aromatic heterocycles. The van der Waals surface area contributed by atoms with Crippen LogP contribution in [0.3, 0.4) is 0 Å². The van der Waals surface area contributed by atoms with Gasteiger partial charge in [0.2, 0.25) is 0 Å². The molecule has 0 radical (unpaired) electrons. The van der Waals surface area contributed by atoms with E-state index in [2.05, 4.69) is 10.5 Å². The van der Waals surface area contributed by atoms with Gasteiger partial charge in [0, 0.05) is 11.2 Å². The smallest absolute Gasteiger partial charge is 0.276 e. The van der Waals surface area contributed by atoms with Gasteiger partial charge in [0.25, 0.3) is 11.5 Å². The minimum atomic E-state index is -0.598. The molecule has 0 unspecified atom stereocenters. The fraction of sp³-hybridized carbons (Fsp3) is 0.0500. The Kier molecular flexibility index (Phi) is 6.52. The SMILES string of the molecule is O=C(N/N=C\c1ccc(Cl)cc1)c1cccn(Cc2ccc(Cl)c(Cl)c2)c1=O. The van der Waals surface area contributed by atoms with Gasteiger partial charge in [-0.1, -0.05) is 53.0 Å². The van der Waals surface area contributed by atoms with E-state index in [1.807, 2.05) is 0 Å². The zero-order valence-electron chi connectivity index (χ0n) is 14.4. The first-order valence-electron chi connectivity index (χ1n) is 8.16. The van der Waals surface area contributed by atoms with Crippen LogP contribution in [0.4, 0.5) is 0 Å². The molecule has 3 rings (SSSR count). The van der Waals surface area contributed by atoms with Crippen LogP contribution in [-0.4, -0.2) is 16.7 Å². The molecule has 0 bridgehead atoms. The number of hydrazone groups is 1. The number of hydrogen-bond donors (Lipinski definition) is 1. The van der Waals surface area contributed by atoms with Crippen molar-refractivity contribution in [2.24, 2.45) is 5.10 Å². The minimum absolute atomic E-state index is 0.0178. The number of aromatic nitrogens is 1. The van der Waals surface area contributed by atoms with Crippen molar-refractivity contribution in [1.82, 2.24) is 9.99 Å². The summed E-state index contributed by atoms with van der Waals surface area (Å²) in [5, 5.41) is 5.32. The average Bonchev–Trinajstić information content (AvgIpc) is 2.68. The van der Waals surface area contributed by atoms with Gasteiger partial charge in [0.15, 0.2) is 0 Å². The van der Waals surface area contributed by atoms with E-state index in [1.54, 1.807) is 54.7 Å². The lowest BCUT2D eigenvalue weighted by Gasteiger charge is -2.08. The van der Waals surface area contributed by atoms with Crippen molar-refractivity contribution in [3.63, 3.8) is 0 Å². The Labute approximate surface area is 176 Å². The third-order valence-corrected chi connectivity index (χ3v) is 4.84. The fourth-order valence-electron chi connectivity index (χ4n) is 2.44. The average molecular weight is 435 g/mol. The number of hydrogen-bond acceptors (Lipinski definition) is 3. The molecular weight excluding hydrogens is 421 g/mol. The van der Waals surface area contributed by atoms with Gasteiger partial charge >= 0.3 is 0 Å². The van der Waals surface area contributed by atoms with E-state index in [0.29, 0.717) is 15.1 Å². The second-order valence-electron chi connectivity index (χ2n) is 5.85. The van der Waals surface area contributed by atoms with Gasteiger partial charge in [-0.3, -0.25) is 9.59 Å². The lowest BCUT2D eigenvalue weighted by Crippen LogP contribution is -2.30. The number of rotatable bonds is 5. The van der Waals surface area contributed by atoms with Gasteiger partial charge < -0.3 is 4.57 Å². The molecule has 0 fully saturated rings. The van der Waals surface area contributed by atoms with Gasteiger partial charge in [0.05, 0.1) is 22.8 Å². The van der Waals surface area contributed by atoms with Gasteiger partial charge in [-0.15, -0.1) is 0 Å². The molecule has 0 saturated carbocycles. The number of carbonyl (C=O) groups excluding carboxylic acids is 1. The largest absolute Gasteiger partial charge is 0.310 e. The third kappa shape index (κ3) is 5.01. The van der Waals surface area contributed by atoms with Crippen molar-refractivity contribution in [2.45, 2.75) is 6.54 Å². The number of nitrogens with one attached hydrogen (secondary N) is 1. The summed E-state index contributed by atoms with van der Waals surface area (Å²) in [4.78, 5) is 24.9. The van der Waals surface area contributed by atoms with Crippen LogP contribution in [0.5, 0.6) is 0 Å². The van der Waals surface area contributed by atoms with E-state index in [1.165, 1.54) is 16.8 Å². The summed E-state index contributed by atoms with van der Waals surface area (Å²) in [6.07, 6.45) is 3.06. The van der Waals surface area contributed by atoms with Gasteiger partial charge in [0.1, 0.15) is 5.56 Å². The van der Waals surface area contributed by atoms with Crippen molar-refractivity contribution in [1.29, 1.82) is 0 Å². The van der Waals surface area contributed by atoms with Gasteiger partial charge in [-0.05, 0) is 47.5 Å². The van der Waals surface area contributed by atoms with Crippen molar-refractivity contribution in [3.8, 4) is 0 Å². The zero-order chi connectivity index (χ0) is 20.1. The minimum Gasteiger partial charge on any atom is -0.310 e. The molecule has 142 valence electrons. The quantitative estimate of drug-likeness (QED) is 0.470. The number of amides is 1. The molecule has 0 atom stereocenters. The van der Waals surface area contributed by atoms with Crippen molar-refractivity contribution in [2.75, 3.05) is 0 Å². The molecular formula is C20H14Cl3N3O2.